The minimum atomic E-state index is -0.0610. The molecule has 6 heteroatoms. The van der Waals surface area contributed by atoms with E-state index in [2.05, 4.69) is 62.0 Å². The van der Waals surface area contributed by atoms with Gasteiger partial charge in [0.15, 0.2) is 0 Å². The second-order valence-corrected chi connectivity index (χ2v) is 11.0. The lowest BCUT2D eigenvalue weighted by atomic mass is 9.90. The van der Waals surface area contributed by atoms with E-state index in [-0.39, 0.29) is 5.56 Å². The molecule has 5 nitrogen and oxygen atoms in total. The van der Waals surface area contributed by atoms with E-state index in [0.717, 1.165) is 28.8 Å². The Kier molecular flexibility index (Phi) is 7.41. The highest BCUT2D eigenvalue weighted by Gasteiger charge is 2.21. The van der Waals surface area contributed by atoms with Crippen molar-refractivity contribution in [2.75, 3.05) is 6.54 Å². The average molecular weight is 453 g/mol. The summed E-state index contributed by atoms with van der Waals surface area (Å²) in [5.41, 5.74) is 3.44. The van der Waals surface area contributed by atoms with Crippen molar-refractivity contribution in [1.82, 2.24) is 19.5 Å². The molecule has 0 saturated heterocycles. The predicted octanol–water partition coefficient (Wildman–Crippen LogP) is 5.98. The van der Waals surface area contributed by atoms with Crippen LogP contribution in [0.4, 0.5) is 0 Å². The molecular formula is C26H36N4OS. The van der Waals surface area contributed by atoms with Gasteiger partial charge >= 0.3 is 0 Å². The van der Waals surface area contributed by atoms with Gasteiger partial charge in [-0.2, -0.15) is 9.61 Å². The number of aromatic nitrogens is 3. The Morgan fingerprint density at radius 2 is 1.78 bits per heavy atom. The summed E-state index contributed by atoms with van der Waals surface area (Å²) in [5.74, 6) is 1.57. The van der Waals surface area contributed by atoms with Gasteiger partial charge in [0.1, 0.15) is 5.01 Å². The molecule has 4 rings (SSSR count). The molecule has 1 aromatic carbocycles. The van der Waals surface area contributed by atoms with Crippen molar-refractivity contribution >= 4 is 16.3 Å². The van der Waals surface area contributed by atoms with Crippen molar-refractivity contribution in [2.45, 2.75) is 84.7 Å². The van der Waals surface area contributed by atoms with Crippen molar-refractivity contribution in [2.24, 2.45) is 5.92 Å². The first-order valence-electron chi connectivity index (χ1n) is 12.1. The van der Waals surface area contributed by atoms with E-state index >= 15 is 0 Å². The molecule has 0 N–H and O–H groups in total. The Hall–Kier alpha value is -2.05. The summed E-state index contributed by atoms with van der Waals surface area (Å²) in [5, 5.41) is 5.72. The molecule has 1 saturated carbocycles. The number of benzene rings is 1. The van der Waals surface area contributed by atoms with Crippen LogP contribution in [0.1, 0.15) is 93.5 Å². The first-order chi connectivity index (χ1) is 15.4. The van der Waals surface area contributed by atoms with Crippen molar-refractivity contribution in [3.8, 4) is 0 Å². The highest BCUT2D eigenvalue weighted by atomic mass is 32.1. The van der Waals surface area contributed by atoms with Gasteiger partial charge in [-0.05, 0) is 35.8 Å². The van der Waals surface area contributed by atoms with E-state index in [1.54, 1.807) is 17.4 Å². The highest BCUT2D eigenvalue weighted by molar-refractivity contribution is 7.16. The maximum atomic E-state index is 12.8. The second kappa shape index (κ2) is 10.3. The minimum absolute atomic E-state index is 0.0610. The highest BCUT2D eigenvalue weighted by Crippen LogP contribution is 2.34. The standard InChI is InChI=1S/C26H36N4OS/c1-18(2)15-29(16-20-10-12-21(13-11-20)19(3)4)17-23-14-24(31)30-26(27-23)32-25(28-30)22-8-6-5-7-9-22/h10-14,18-19,22H,5-9,15-17H2,1-4H3. The van der Waals surface area contributed by atoms with Crippen LogP contribution in [0.2, 0.25) is 0 Å². The zero-order valence-electron chi connectivity index (χ0n) is 19.9. The topological polar surface area (TPSA) is 50.5 Å². The Bertz CT molecular complexity index is 1080. The van der Waals surface area contributed by atoms with E-state index in [1.807, 2.05) is 0 Å². The second-order valence-electron chi connectivity index (χ2n) is 10.0. The fourth-order valence-corrected chi connectivity index (χ4v) is 5.76. The summed E-state index contributed by atoms with van der Waals surface area (Å²) in [6, 6.07) is 10.6. The molecule has 0 aliphatic heterocycles. The van der Waals surface area contributed by atoms with E-state index in [9.17, 15) is 4.79 Å². The lowest BCUT2D eigenvalue weighted by Crippen LogP contribution is -2.28. The Labute approximate surface area is 195 Å². The molecule has 0 amide bonds. The molecule has 172 valence electrons. The van der Waals surface area contributed by atoms with Crippen LogP contribution in [0.3, 0.4) is 0 Å². The van der Waals surface area contributed by atoms with Gasteiger partial charge in [-0.1, -0.05) is 82.6 Å². The van der Waals surface area contributed by atoms with Crippen LogP contribution in [0, 0.1) is 5.92 Å². The van der Waals surface area contributed by atoms with E-state index < -0.39 is 0 Å². The van der Waals surface area contributed by atoms with Gasteiger partial charge in [-0.3, -0.25) is 9.69 Å². The third kappa shape index (κ3) is 5.65. The maximum Gasteiger partial charge on any atom is 0.275 e. The molecule has 2 heterocycles. The van der Waals surface area contributed by atoms with Crippen molar-refractivity contribution in [3.63, 3.8) is 0 Å². The van der Waals surface area contributed by atoms with E-state index in [4.69, 9.17) is 4.98 Å². The molecule has 0 bridgehead atoms. The maximum absolute atomic E-state index is 12.8. The fourth-order valence-electron chi connectivity index (χ4n) is 4.66. The van der Waals surface area contributed by atoms with Crippen LogP contribution < -0.4 is 5.56 Å². The third-order valence-corrected chi connectivity index (χ3v) is 7.40. The van der Waals surface area contributed by atoms with Gasteiger partial charge in [0, 0.05) is 31.6 Å². The monoisotopic (exact) mass is 452 g/mol. The summed E-state index contributed by atoms with van der Waals surface area (Å²) in [4.78, 5) is 20.8. The predicted molar refractivity (Wildman–Crippen MR) is 132 cm³/mol. The van der Waals surface area contributed by atoms with E-state index in [0.29, 0.717) is 24.3 Å². The van der Waals surface area contributed by atoms with Gasteiger partial charge in [0.25, 0.3) is 5.56 Å². The molecule has 32 heavy (non-hydrogen) atoms. The summed E-state index contributed by atoms with van der Waals surface area (Å²) in [6.07, 6.45) is 6.20. The molecule has 2 aromatic heterocycles. The van der Waals surface area contributed by atoms with Crippen LogP contribution in [-0.4, -0.2) is 26.0 Å². The quantitative estimate of drug-likeness (QED) is 0.422. The lowest BCUT2D eigenvalue weighted by molar-refractivity contribution is 0.225. The van der Waals surface area contributed by atoms with Crippen LogP contribution >= 0.6 is 11.3 Å². The molecule has 3 aromatic rings. The Morgan fingerprint density at radius 3 is 2.44 bits per heavy atom. The number of hydrogen-bond acceptors (Lipinski definition) is 5. The smallest absolute Gasteiger partial charge is 0.275 e. The van der Waals surface area contributed by atoms with Gasteiger partial charge in [0.2, 0.25) is 4.96 Å². The largest absolute Gasteiger partial charge is 0.293 e. The van der Waals surface area contributed by atoms with Crippen LogP contribution in [0.15, 0.2) is 35.1 Å². The summed E-state index contributed by atoms with van der Waals surface area (Å²) >= 11 is 1.60. The van der Waals surface area contributed by atoms with Crippen LogP contribution in [-0.2, 0) is 13.1 Å². The number of fused-ring (bicyclic) bond motifs is 1. The zero-order valence-corrected chi connectivity index (χ0v) is 20.7. The SMILES string of the molecule is CC(C)CN(Cc1ccc(C(C)C)cc1)Cc1cc(=O)n2nc(C3CCCCC3)sc2n1. The molecule has 1 aliphatic carbocycles. The van der Waals surface area contributed by atoms with Crippen LogP contribution in [0.25, 0.3) is 4.96 Å². The zero-order chi connectivity index (χ0) is 22.7. The summed E-state index contributed by atoms with van der Waals surface area (Å²) in [7, 11) is 0. The fraction of sp³-hybridized carbons (Fsp3) is 0.577. The average Bonchev–Trinajstić information content (AvgIpc) is 3.19. The molecule has 0 radical (unpaired) electrons. The van der Waals surface area contributed by atoms with Crippen molar-refractivity contribution in [3.05, 3.63) is 62.5 Å². The van der Waals surface area contributed by atoms with Gasteiger partial charge < -0.3 is 0 Å². The number of hydrogen-bond donors (Lipinski definition) is 0. The number of nitrogens with zero attached hydrogens (tertiary/aromatic N) is 4. The summed E-state index contributed by atoms with van der Waals surface area (Å²) < 4.78 is 1.51. The molecule has 0 atom stereocenters. The Morgan fingerprint density at radius 1 is 1.06 bits per heavy atom. The molecule has 1 fully saturated rings. The first-order valence-corrected chi connectivity index (χ1v) is 12.9. The van der Waals surface area contributed by atoms with Crippen molar-refractivity contribution in [1.29, 1.82) is 0 Å². The molecule has 0 unspecified atom stereocenters. The number of rotatable bonds is 8. The van der Waals surface area contributed by atoms with E-state index in [1.165, 1.54) is 47.7 Å². The molecule has 0 spiro atoms. The summed E-state index contributed by atoms with van der Waals surface area (Å²) in [6.45, 7) is 11.4. The van der Waals surface area contributed by atoms with Crippen molar-refractivity contribution < 1.29 is 0 Å². The molecule has 1 aliphatic rings. The normalized spacial score (nSPS) is 15.5. The minimum Gasteiger partial charge on any atom is -0.293 e. The molecular weight excluding hydrogens is 416 g/mol. The lowest BCUT2D eigenvalue weighted by Gasteiger charge is -2.24. The third-order valence-electron chi connectivity index (χ3n) is 6.33. The Balaban J connectivity index is 1.54. The van der Waals surface area contributed by atoms with Gasteiger partial charge in [-0.15, -0.1) is 0 Å². The first kappa shape index (κ1) is 23.1. The van der Waals surface area contributed by atoms with Gasteiger partial charge in [-0.25, -0.2) is 4.98 Å². The van der Waals surface area contributed by atoms with Gasteiger partial charge in [0.05, 0.1) is 5.69 Å². The van der Waals surface area contributed by atoms with Crippen LogP contribution in [0.5, 0.6) is 0 Å².